The predicted molar refractivity (Wildman–Crippen MR) is 57.8 cm³/mol. The van der Waals surface area contributed by atoms with Gasteiger partial charge in [-0.15, -0.1) is 0 Å². The van der Waals surface area contributed by atoms with Crippen LogP contribution in [-0.4, -0.2) is 11.9 Å². The van der Waals surface area contributed by atoms with E-state index in [0.717, 1.165) is 12.8 Å². The van der Waals surface area contributed by atoms with E-state index < -0.39 is 0 Å². The summed E-state index contributed by atoms with van der Waals surface area (Å²) in [6, 6.07) is 3.47. The lowest BCUT2D eigenvalue weighted by atomic mass is 10.1. The fraction of sp³-hybridized carbons (Fsp3) is 0.500. The molecule has 1 aliphatic rings. The number of carbonyl (C=O) groups excluding carboxylic acids is 1. The molecule has 1 aliphatic carbocycles. The van der Waals surface area contributed by atoms with Crippen molar-refractivity contribution in [3.05, 3.63) is 23.2 Å². The molecule has 0 saturated heterocycles. The lowest BCUT2D eigenvalue weighted by Gasteiger charge is -2.09. The van der Waals surface area contributed by atoms with Crippen LogP contribution in [0.15, 0.2) is 10.5 Å². The maximum atomic E-state index is 11.9. The molecule has 1 aromatic heterocycles. The largest absolute Gasteiger partial charge is 0.466 e. The van der Waals surface area contributed by atoms with Crippen molar-refractivity contribution in [3.63, 3.8) is 0 Å². The van der Waals surface area contributed by atoms with Gasteiger partial charge in [-0.05, 0) is 38.7 Å². The van der Waals surface area contributed by atoms with Gasteiger partial charge in [0.05, 0.1) is 11.6 Å². The van der Waals surface area contributed by atoms with Crippen molar-refractivity contribution in [1.82, 2.24) is 5.32 Å². The number of hydrogen-bond acceptors (Lipinski definition) is 3. The molecule has 4 nitrogen and oxygen atoms in total. The van der Waals surface area contributed by atoms with Crippen LogP contribution in [0.5, 0.6) is 0 Å². The van der Waals surface area contributed by atoms with Gasteiger partial charge in [-0.2, -0.15) is 5.26 Å². The lowest BCUT2D eigenvalue weighted by molar-refractivity contribution is 0.0940. The van der Waals surface area contributed by atoms with Crippen molar-refractivity contribution >= 4 is 5.91 Å². The Morgan fingerprint density at radius 2 is 2.31 bits per heavy atom. The minimum atomic E-state index is -0.359. The van der Waals surface area contributed by atoms with Crippen molar-refractivity contribution < 1.29 is 9.21 Å². The summed E-state index contributed by atoms with van der Waals surface area (Å²) in [7, 11) is 0. The number of rotatable bonds is 3. The summed E-state index contributed by atoms with van der Waals surface area (Å²) >= 11 is 0. The van der Waals surface area contributed by atoms with Crippen molar-refractivity contribution in [3.8, 4) is 6.07 Å². The lowest BCUT2D eigenvalue weighted by Crippen LogP contribution is -2.35. The van der Waals surface area contributed by atoms with Crippen LogP contribution in [0.2, 0.25) is 0 Å². The maximum absolute atomic E-state index is 11.9. The number of nitrogens with one attached hydrogen (secondary N) is 1. The smallest absolute Gasteiger partial charge is 0.255 e. The summed E-state index contributed by atoms with van der Waals surface area (Å²) in [6.45, 7) is 3.55. The average Bonchev–Trinajstić information content (AvgIpc) is 3.01. The molecule has 2 rings (SSSR count). The molecule has 0 spiro atoms. The molecular weight excluding hydrogens is 204 g/mol. The summed E-state index contributed by atoms with van der Waals surface area (Å²) in [5.41, 5.74) is 0.526. The van der Waals surface area contributed by atoms with Gasteiger partial charge in [-0.1, -0.05) is 0 Å². The normalized spacial score (nSPS) is 16.6. The highest BCUT2D eigenvalue weighted by Crippen LogP contribution is 2.32. The molecule has 0 bridgehead atoms. The third kappa shape index (κ3) is 2.08. The monoisotopic (exact) mass is 218 g/mol. The van der Waals surface area contributed by atoms with Gasteiger partial charge < -0.3 is 9.73 Å². The van der Waals surface area contributed by atoms with Crippen LogP contribution in [-0.2, 0) is 0 Å². The van der Waals surface area contributed by atoms with Crippen LogP contribution in [0.25, 0.3) is 0 Å². The highest BCUT2D eigenvalue weighted by atomic mass is 16.3. The molecule has 1 aromatic rings. The van der Waals surface area contributed by atoms with E-state index in [-0.39, 0.29) is 11.9 Å². The molecule has 1 saturated carbocycles. The number of aryl methyl sites for hydroxylation is 2. The van der Waals surface area contributed by atoms with Gasteiger partial charge in [0.15, 0.2) is 0 Å². The van der Waals surface area contributed by atoms with Gasteiger partial charge >= 0.3 is 0 Å². The van der Waals surface area contributed by atoms with Gasteiger partial charge in [0.1, 0.15) is 17.6 Å². The number of nitrogens with zero attached hydrogens (tertiary/aromatic N) is 1. The Morgan fingerprint density at radius 1 is 1.62 bits per heavy atom. The van der Waals surface area contributed by atoms with Crippen LogP contribution in [0.4, 0.5) is 0 Å². The van der Waals surface area contributed by atoms with Crippen molar-refractivity contribution in [1.29, 1.82) is 5.26 Å². The highest BCUT2D eigenvalue weighted by molar-refractivity contribution is 5.95. The van der Waals surface area contributed by atoms with E-state index in [1.807, 2.05) is 0 Å². The Labute approximate surface area is 94.2 Å². The Kier molecular flexibility index (Phi) is 2.69. The zero-order chi connectivity index (χ0) is 11.7. The summed E-state index contributed by atoms with van der Waals surface area (Å²) in [5, 5.41) is 11.7. The quantitative estimate of drug-likeness (QED) is 0.842. The summed E-state index contributed by atoms with van der Waals surface area (Å²) in [4.78, 5) is 11.9. The fourth-order valence-electron chi connectivity index (χ4n) is 1.76. The first-order chi connectivity index (χ1) is 7.61. The first-order valence-corrected chi connectivity index (χ1v) is 5.39. The van der Waals surface area contributed by atoms with Crippen molar-refractivity contribution in [2.24, 2.45) is 5.92 Å². The molecule has 4 heteroatoms. The SMILES string of the molecule is Cc1cc(C(=O)NC(C#N)C2CC2)c(C)o1. The van der Waals surface area contributed by atoms with Crippen LogP contribution < -0.4 is 5.32 Å². The number of furan rings is 1. The molecule has 1 fully saturated rings. The average molecular weight is 218 g/mol. The first-order valence-electron chi connectivity index (χ1n) is 5.39. The molecule has 0 aromatic carbocycles. The van der Waals surface area contributed by atoms with Gasteiger partial charge in [-0.25, -0.2) is 0 Å². The third-order valence-electron chi connectivity index (χ3n) is 2.80. The Balaban J connectivity index is 2.08. The van der Waals surface area contributed by atoms with Gasteiger partial charge in [0.2, 0.25) is 0 Å². The van der Waals surface area contributed by atoms with Gasteiger partial charge in [0.25, 0.3) is 5.91 Å². The minimum Gasteiger partial charge on any atom is -0.466 e. The Morgan fingerprint density at radius 3 is 2.75 bits per heavy atom. The second-order valence-corrected chi connectivity index (χ2v) is 4.24. The van der Waals surface area contributed by atoms with Crippen LogP contribution >= 0.6 is 0 Å². The zero-order valence-electron chi connectivity index (χ0n) is 9.41. The topological polar surface area (TPSA) is 66.0 Å². The molecule has 1 atom stereocenters. The van der Waals surface area contributed by atoms with Crippen molar-refractivity contribution in [2.75, 3.05) is 0 Å². The van der Waals surface area contributed by atoms with E-state index in [9.17, 15) is 4.79 Å². The number of nitriles is 1. The molecular formula is C12H14N2O2. The van der Waals surface area contributed by atoms with E-state index in [4.69, 9.17) is 9.68 Å². The summed E-state index contributed by atoms with van der Waals surface area (Å²) in [6.07, 6.45) is 2.06. The van der Waals surface area contributed by atoms with E-state index >= 15 is 0 Å². The molecule has 0 aliphatic heterocycles. The molecule has 1 heterocycles. The maximum Gasteiger partial charge on any atom is 0.255 e. The van der Waals surface area contributed by atoms with E-state index in [1.165, 1.54) is 0 Å². The molecule has 1 unspecified atom stereocenters. The highest BCUT2D eigenvalue weighted by Gasteiger charge is 2.32. The predicted octanol–water partition coefficient (Wildman–Crippen LogP) is 1.93. The zero-order valence-corrected chi connectivity index (χ0v) is 9.41. The Hall–Kier alpha value is -1.76. The molecule has 84 valence electrons. The number of carbonyl (C=O) groups is 1. The van der Waals surface area contributed by atoms with Gasteiger partial charge in [0, 0.05) is 0 Å². The number of amides is 1. The summed E-state index contributed by atoms with van der Waals surface area (Å²) < 4.78 is 5.28. The standard InChI is InChI=1S/C12H14N2O2/c1-7-5-10(8(2)16-7)12(15)14-11(6-13)9-3-4-9/h5,9,11H,3-4H2,1-2H3,(H,14,15). The summed E-state index contributed by atoms with van der Waals surface area (Å²) in [5.74, 6) is 1.43. The van der Waals surface area contributed by atoms with Crippen LogP contribution in [0.1, 0.15) is 34.7 Å². The van der Waals surface area contributed by atoms with Crippen LogP contribution in [0, 0.1) is 31.1 Å². The van der Waals surface area contributed by atoms with Crippen molar-refractivity contribution in [2.45, 2.75) is 32.7 Å². The fourth-order valence-corrected chi connectivity index (χ4v) is 1.76. The second-order valence-electron chi connectivity index (χ2n) is 4.24. The third-order valence-corrected chi connectivity index (χ3v) is 2.80. The first kappa shape index (κ1) is 10.7. The molecule has 1 amide bonds. The molecule has 0 radical (unpaired) electrons. The van der Waals surface area contributed by atoms with Gasteiger partial charge in [-0.3, -0.25) is 4.79 Å². The Bertz CT molecular complexity index is 452. The number of hydrogen-bond donors (Lipinski definition) is 1. The van der Waals surface area contributed by atoms with E-state index in [2.05, 4.69) is 11.4 Å². The molecule has 16 heavy (non-hydrogen) atoms. The molecule has 1 N–H and O–H groups in total. The minimum absolute atomic E-state index is 0.215. The van der Waals surface area contributed by atoms with Crippen LogP contribution in [0.3, 0.4) is 0 Å². The van der Waals surface area contributed by atoms with E-state index in [1.54, 1.807) is 19.9 Å². The second kappa shape index (κ2) is 4.01. The van der Waals surface area contributed by atoms with E-state index in [0.29, 0.717) is 23.0 Å².